The lowest BCUT2D eigenvalue weighted by molar-refractivity contribution is -0.167. The first kappa shape index (κ1) is 75.6. The van der Waals surface area contributed by atoms with Gasteiger partial charge in [0.15, 0.2) is 6.10 Å². The molecule has 0 N–H and O–H groups in total. The number of unbranched alkanes of at least 4 members (excludes halogenated alkanes) is 48. The molecule has 0 bridgehead atoms. The highest BCUT2D eigenvalue weighted by Crippen LogP contribution is 2.18. The van der Waals surface area contributed by atoms with Gasteiger partial charge < -0.3 is 14.2 Å². The molecule has 6 heteroatoms. The zero-order valence-corrected chi connectivity index (χ0v) is 52.7. The quantitative estimate of drug-likeness (QED) is 0.0261. The Hall–Kier alpha value is -2.37. The molecule has 458 valence electrons. The summed E-state index contributed by atoms with van der Waals surface area (Å²) >= 11 is 0. The Bertz CT molecular complexity index is 1300. The molecule has 78 heavy (non-hydrogen) atoms. The fraction of sp³-hybridized carbons (Fsp3) is 0.875. The Morgan fingerprint density at radius 1 is 0.256 bits per heavy atom. The molecule has 0 saturated carbocycles. The summed E-state index contributed by atoms with van der Waals surface area (Å²) in [5.41, 5.74) is 0. The minimum atomic E-state index is -0.769. The lowest BCUT2D eigenvalue weighted by Gasteiger charge is -2.18. The molecular weight excluding hydrogens is 961 g/mol. The normalized spacial score (nSPS) is 12.2. The molecule has 0 heterocycles. The van der Waals surface area contributed by atoms with E-state index in [0.717, 1.165) is 70.6 Å². The van der Waals surface area contributed by atoms with Crippen LogP contribution in [0, 0.1) is 0 Å². The molecule has 0 saturated heterocycles. The molecule has 0 spiro atoms. The standard InChI is InChI=1S/C72H134O6/c1-4-7-10-13-16-19-22-25-28-31-32-33-34-35-36-37-38-39-40-42-44-47-50-53-56-59-62-65-71(74)77-68-69(67-76-70(73)64-61-58-55-52-49-46-43-30-27-24-21-18-15-12-9-6-3)78-72(75)66-63-60-57-54-51-48-45-41-29-26-23-20-17-14-11-8-5-2/h22,25,31-32,34-35,69H,4-21,23-24,26-30,33,36-68H2,1-3H3/b25-22-,32-31-,35-34-. The zero-order chi connectivity index (χ0) is 56.4. The third-order valence-corrected chi connectivity index (χ3v) is 15.9. The van der Waals surface area contributed by atoms with Gasteiger partial charge in [-0.2, -0.15) is 0 Å². The molecule has 0 amide bonds. The number of ether oxygens (including phenoxy) is 3. The first-order chi connectivity index (χ1) is 38.5. The number of carbonyl (C=O) groups is 3. The molecule has 0 aromatic carbocycles. The molecule has 0 aliphatic heterocycles. The number of allylic oxidation sites excluding steroid dienone is 6. The molecule has 0 fully saturated rings. The van der Waals surface area contributed by atoms with Gasteiger partial charge in [-0.25, -0.2) is 0 Å². The number of hydrogen-bond acceptors (Lipinski definition) is 6. The number of esters is 3. The summed E-state index contributed by atoms with van der Waals surface area (Å²) in [6, 6.07) is 0. The van der Waals surface area contributed by atoms with Gasteiger partial charge in [-0.1, -0.05) is 346 Å². The van der Waals surface area contributed by atoms with E-state index in [1.165, 1.54) is 276 Å². The van der Waals surface area contributed by atoms with E-state index >= 15 is 0 Å². The second kappa shape index (κ2) is 67.1. The Labute approximate surface area is 486 Å². The molecule has 1 atom stereocenters. The first-order valence-corrected chi connectivity index (χ1v) is 35.0. The van der Waals surface area contributed by atoms with E-state index in [9.17, 15) is 14.4 Å². The van der Waals surface area contributed by atoms with E-state index < -0.39 is 6.10 Å². The van der Waals surface area contributed by atoms with E-state index in [2.05, 4.69) is 57.2 Å². The van der Waals surface area contributed by atoms with Crippen LogP contribution in [0.5, 0.6) is 0 Å². The van der Waals surface area contributed by atoms with Crippen molar-refractivity contribution in [2.45, 2.75) is 393 Å². The van der Waals surface area contributed by atoms with Gasteiger partial charge in [0.2, 0.25) is 0 Å². The van der Waals surface area contributed by atoms with Crippen LogP contribution >= 0.6 is 0 Å². The fourth-order valence-corrected chi connectivity index (χ4v) is 10.6. The summed E-state index contributed by atoms with van der Waals surface area (Å²) in [7, 11) is 0. The van der Waals surface area contributed by atoms with Crippen molar-refractivity contribution in [2.24, 2.45) is 0 Å². The van der Waals surface area contributed by atoms with Crippen molar-refractivity contribution in [1.82, 2.24) is 0 Å². The average molecular weight is 1100 g/mol. The van der Waals surface area contributed by atoms with Gasteiger partial charge in [0.25, 0.3) is 0 Å². The van der Waals surface area contributed by atoms with Gasteiger partial charge in [-0.3, -0.25) is 14.4 Å². The highest BCUT2D eigenvalue weighted by molar-refractivity contribution is 5.71. The molecule has 6 nitrogen and oxygen atoms in total. The van der Waals surface area contributed by atoms with Crippen LogP contribution in [0.1, 0.15) is 387 Å². The van der Waals surface area contributed by atoms with Crippen molar-refractivity contribution < 1.29 is 28.6 Å². The van der Waals surface area contributed by atoms with Gasteiger partial charge in [-0.05, 0) is 57.8 Å². The highest BCUT2D eigenvalue weighted by atomic mass is 16.6. The van der Waals surface area contributed by atoms with E-state index in [-0.39, 0.29) is 31.1 Å². The summed E-state index contributed by atoms with van der Waals surface area (Å²) in [5, 5.41) is 0. The zero-order valence-electron chi connectivity index (χ0n) is 52.7. The summed E-state index contributed by atoms with van der Waals surface area (Å²) in [4.78, 5) is 38.4. The van der Waals surface area contributed by atoms with Crippen molar-refractivity contribution in [3.05, 3.63) is 36.5 Å². The first-order valence-electron chi connectivity index (χ1n) is 35.0. The summed E-state index contributed by atoms with van der Waals surface area (Å²) in [5.74, 6) is -0.836. The number of carbonyl (C=O) groups excluding carboxylic acids is 3. The van der Waals surface area contributed by atoms with Gasteiger partial charge in [0.05, 0.1) is 0 Å². The summed E-state index contributed by atoms with van der Waals surface area (Å²) < 4.78 is 17.0. The second-order valence-electron chi connectivity index (χ2n) is 23.8. The molecule has 0 aromatic rings. The van der Waals surface area contributed by atoms with Crippen LogP contribution in [0.15, 0.2) is 36.5 Å². The maximum Gasteiger partial charge on any atom is 0.306 e. The van der Waals surface area contributed by atoms with Gasteiger partial charge >= 0.3 is 17.9 Å². The number of hydrogen-bond donors (Lipinski definition) is 0. The third-order valence-electron chi connectivity index (χ3n) is 15.9. The van der Waals surface area contributed by atoms with Gasteiger partial charge in [0.1, 0.15) is 13.2 Å². The topological polar surface area (TPSA) is 78.9 Å². The number of rotatable bonds is 65. The van der Waals surface area contributed by atoms with Crippen molar-refractivity contribution >= 4 is 17.9 Å². The minimum Gasteiger partial charge on any atom is -0.462 e. The van der Waals surface area contributed by atoms with E-state index in [1.807, 2.05) is 0 Å². The Morgan fingerprint density at radius 2 is 0.462 bits per heavy atom. The van der Waals surface area contributed by atoms with E-state index in [0.29, 0.717) is 19.3 Å². The summed E-state index contributed by atoms with van der Waals surface area (Å²) in [6.45, 7) is 6.71. The molecule has 0 rings (SSSR count). The highest BCUT2D eigenvalue weighted by Gasteiger charge is 2.19. The van der Waals surface area contributed by atoms with E-state index in [4.69, 9.17) is 14.2 Å². The molecular formula is C72H134O6. The Balaban J connectivity index is 4.25. The molecule has 0 aromatic heterocycles. The lowest BCUT2D eigenvalue weighted by Crippen LogP contribution is -2.30. The van der Waals surface area contributed by atoms with E-state index in [1.54, 1.807) is 0 Å². The fourth-order valence-electron chi connectivity index (χ4n) is 10.6. The van der Waals surface area contributed by atoms with Crippen molar-refractivity contribution in [1.29, 1.82) is 0 Å². The smallest absolute Gasteiger partial charge is 0.306 e. The summed E-state index contributed by atoms with van der Waals surface area (Å²) in [6.07, 6.45) is 83.0. The van der Waals surface area contributed by atoms with Crippen molar-refractivity contribution in [3.8, 4) is 0 Å². The monoisotopic (exact) mass is 1100 g/mol. The average Bonchev–Trinajstić information content (AvgIpc) is 3.44. The maximum absolute atomic E-state index is 12.9. The maximum atomic E-state index is 12.9. The third kappa shape index (κ3) is 64.5. The van der Waals surface area contributed by atoms with Crippen LogP contribution in [0.2, 0.25) is 0 Å². The Morgan fingerprint density at radius 3 is 0.718 bits per heavy atom. The SMILES string of the molecule is CCCCCCC/C=C\C/C=C\C/C=C\CCCCCCCCCCCCCCC(=O)OCC(COC(=O)CCCCCCCCCCCCCCCCCC)OC(=O)CCCCCCCCCCCCCCCCCCC. The second-order valence-corrected chi connectivity index (χ2v) is 23.8. The van der Waals surface area contributed by atoms with Crippen LogP contribution in [0.4, 0.5) is 0 Å². The lowest BCUT2D eigenvalue weighted by atomic mass is 10.0. The van der Waals surface area contributed by atoms with Crippen LogP contribution < -0.4 is 0 Å². The van der Waals surface area contributed by atoms with Gasteiger partial charge in [0, 0.05) is 19.3 Å². The largest absolute Gasteiger partial charge is 0.462 e. The predicted molar refractivity (Wildman–Crippen MR) is 339 cm³/mol. The van der Waals surface area contributed by atoms with Crippen LogP contribution in [0.3, 0.4) is 0 Å². The molecule has 1 unspecified atom stereocenters. The van der Waals surface area contributed by atoms with Crippen LogP contribution in [-0.2, 0) is 28.6 Å². The van der Waals surface area contributed by atoms with Crippen LogP contribution in [0.25, 0.3) is 0 Å². The van der Waals surface area contributed by atoms with Crippen molar-refractivity contribution in [3.63, 3.8) is 0 Å². The van der Waals surface area contributed by atoms with Gasteiger partial charge in [-0.15, -0.1) is 0 Å². The van der Waals surface area contributed by atoms with Crippen molar-refractivity contribution in [2.75, 3.05) is 13.2 Å². The Kier molecular flexibility index (Phi) is 65.1. The predicted octanol–water partition coefficient (Wildman–Crippen LogP) is 23.9. The minimum absolute atomic E-state index is 0.0658. The molecule has 0 aliphatic rings. The molecule has 0 aliphatic carbocycles. The van der Waals surface area contributed by atoms with Crippen LogP contribution in [-0.4, -0.2) is 37.2 Å². The molecule has 0 radical (unpaired) electrons.